The summed E-state index contributed by atoms with van der Waals surface area (Å²) in [6, 6.07) is 7.44. The van der Waals surface area contributed by atoms with Crippen molar-refractivity contribution < 1.29 is 0 Å². The molecule has 1 aromatic heterocycles. The Labute approximate surface area is 99.8 Å². The number of aryl methyl sites for hydroxylation is 2. The summed E-state index contributed by atoms with van der Waals surface area (Å²) < 4.78 is 1.75. The summed E-state index contributed by atoms with van der Waals surface area (Å²) in [6.45, 7) is 2.02. The predicted molar refractivity (Wildman–Crippen MR) is 65.4 cm³/mol. The van der Waals surface area contributed by atoms with Crippen molar-refractivity contribution in [1.29, 1.82) is 0 Å². The second-order valence-corrected chi connectivity index (χ2v) is 4.33. The minimum Gasteiger partial charge on any atom is -0.319 e. The standard InChI is InChI=1S/C12H14ClN3/c1-8-3-4-9(13)7-10(8)12(14)11-5-6-16(2)15-11/h3-7,12H,14H2,1-2H3. The van der Waals surface area contributed by atoms with Crippen LogP contribution < -0.4 is 5.73 Å². The summed E-state index contributed by atoms with van der Waals surface area (Å²) in [4.78, 5) is 0. The van der Waals surface area contributed by atoms with Gasteiger partial charge in [-0.2, -0.15) is 5.10 Å². The van der Waals surface area contributed by atoms with Gasteiger partial charge in [0.15, 0.2) is 0 Å². The summed E-state index contributed by atoms with van der Waals surface area (Å²) in [7, 11) is 1.88. The second kappa shape index (κ2) is 4.28. The molecular formula is C12H14ClN3. The van der Waals surface area contributed by atoms with Crippen molar-refractivity contribution in [2.75, 3.05) is 0 Å². The van der Waals surface area contributed by atoms with E-state index in [9.17, 15) is 0 Å². The Morgan fingerprint density at radius 1 is 1.38 bits per heavy atom. The highest BCUT2D eigenvalue weighted by atomic mass is 35.5. The van der Waals surface area contributed by atoms with Crippen LogP contribution in [0.5, 0.6) is 0 Å². The number of benzene rings is 1. The summed E-state index contributed by atoms with van der Waals surface area (Å²) >= 11 is 5.97. The maximum absolute atomic E-state index is 6.16. The van der Waals surface area contributed by atoms with Crippen LogP contribution in [-0.2, 0) is 7.05 Å². The monoisotopic (exact) mass is 235 g/mol. The highest BCUT2D eigenvalue weighted by Crippen LogP contribution is 2.24. The summed E-state index contributed by atoms with van der Waals surface area (Å²) in [5.41, 5.74) is 9.17. The second-order valence-electron chi connectivity index (χ2n) is 3.89. The zero-order chi connectivity index (χ0) is 11.7. The van der Waals surface area contributed by atoms with Crippen LogP contribution >= 0.6 is 11.6 Å². The van der Waals surface area contributed by atoms with Gasteiger partial charge in [0, 0.05) is 18.3 Å². The molecule has 1 unspecified atom stereocenters. The fourth-order valence-electron chi connectivity index (χ4n) is 1.70. The third kappa shape index (κ3) is 2.10. The van der Waals surface area contributed by atoms with Crippen molar-refractivity contribution in [3.05, 3.63) is 52.3 Å². The molecule has 0 bridgehead atoms. The number of halogens is 1. The first-order valence-electron chi connectivity index (χ1n) is 5.09. The molecule has 2 N–H and O–H groups in total. The van der Waals surface area contributed by atoms with Gasteiger partial charge in [-0.05, 0) is 36.2 Å². The van der Waals surface area contributed by atoms with Crippen LogP contribution in [0, 0.1) is 6.92 Å². The van der Waals surface area contributed by atoms with Crippen LogP contribution in [0.4, 0.5) is 0 Å². The summed E-state index contributed by atoms with van der Waals surface area (Å²) in [5, 5.41) is 5.01. The van der Waals surface area contributed by atoms with Gasteiger partial charge in [0.2, 0.25) is 0 Å². The van der Waals surface area contributed by atoms with Crippen molar-refractivity contribution in [3.8, 4) is 0 Å². The van der Waals surface area contributed by atoms with E-state index in [1.165, 1.54) is 0 Å². The van der Waals surface area contributed by atoms with E-state index in [0.717, 1.165) is 16.8 Å². The number of hydrogen-bond donors (Lipinski definition) is 1. The molecule has 0 saturated heterocycles. The molecule has 16 heavy (non-hydrogen) atoms. The highest BCUT2D eigenvalue weighted by molar-refractivity contribution is 6.30. The Hall–Kier alpha value is -1.32. The number of rotatable bonds is 2. The molecule has 3 nitrogen and oxygen atoms in total. The highest BCUT2D eigenvalue weighted by Gasteiger charge is 2.14. The molecule has 0 aliphatic rings. The van der Waals surface area contributed by atoms with Crippen LogP contribution in [-0.4, -0.2) is 9.78 Å². The number of nitrogens with two attached hydrogens (primary N) is 1. The Bertz CT molecular complexity index is 505. The topological polar surface area (TPSA) is 43.8 Å². The van der Waals surface area contributed by atoms with Gasteiger partial charge in [0.25, 0.3) is 0 Å². The predicted octanol–water partition coefficient (Wildman–Crippen LogP) is 2.43. The molecule has 1 heterocycles. The van der Waals surface area contributed by atoms with Gasteiger partial charge in [0.1, 0.15) is 0 Å². The molecule has 2 rings (SSSR count). The first-order valence-corrected chi connectivity index (χ1v) is 5.47. The number of aromatic nitrogens is 2. The smallest absolute Gasteiger partial charge is 0.0837 e. The lowest BCUT2D eigenvalue weighted by molar-refractivity contribution is 0.714. The first-order chi connectivity index (χ1) is 7.58. The zero-order valence-corrected chi connectivity index (χ0v) is 10.1. The van der Waals surface area contributed by atoms with Crippen LogP contribution in [0.3, 0.4) is 0 Å². The van der Waals surface area contributed by atoms with Gasteiger partial charge < -0.3 is 5.73 Å². The van der Waals surface area contributed by atoms with Crippen LogP contribution in [0.2, 0.25) is 5.02 Å². The van der Waals surface area contributed by atoms with Crippen LogP contribution in [0.15, 0.2) is 30.5 Å². The Morgan fingerprint density at radius 3 is 2.75 bits per heavy atom. The molecule has 0 radical (unpaired) electrons. The van der Waals surface area contributed by atoms with E-state index in [1.807, 2.05) is 44.4 Å². The average molecular weight is 236 g/mol. The Morgan fingerprint density at radius 2 is 2.12 bits per heavy atom. The first kappa shape index (κ1) is 11.2. The molecule has 1 aromatic carbocycles. The summed E-state index contributed by atoms with van der Waals surface area (Å²) in [5.74, 6) is 0. The van der Waals surface area contributed by atoms with Gasteiger partial charge >= 0.3 is 0 Å². The minimum atomic E-state index is -0.222. The molecular weight excluding hydrogens is 222 g/mol. The van der Waals surface area contributed by atoms with E-state index in [2.05, 4.69) is 5.10 Å². The molecule has 0 fully saturated rings. The lowest BCUT2D eigenvalue weighted by Gasteiger charge is -2.12. The molecule has 1 atom stereocenters. The maximum atomic E-state index is 6.16. The number of nitrogens with zero attached hydrogens (tertiary/aromatic N) is 2. The molecule has 4 heteroatoms. The van der Waals surface area contributed by atoms with E-state index in [0.29, 0.717) is 5.02 Å². The third-order valence-electron chi connectivity index (χ3n) is 2.63. The Kier molecular flexibility index (Phi) is 2.99. The van der Waals surface area contributed by atoms with Crippen molar-refractivity contribution in [1.82, 2.24) is 9.78 Å². The van der Waals surface area contributed by atoms with Gasteiger partial charge in [0.05, 0.1) is 11.7 Å². The van der Waals surface area contributed by atoms with Crippen LogP contribution in [0.25, 0.3) is 0 Å². The fraction of sp³-hybridized carbons (Fsp3) is 0.250. The normalized spacial score (nSPS) is 12.8. The van der Waals surface area contributed by atoms with E-state index in [1.54, 1.807) is 4.68 Å². The molecule has 0 amide bonds. The Balaban J connectivity index is 2.40. The van der Waals surface area contributed by atoms with Crippen LogP contribution in [0.1, 0.15) is 22.9 Å². The SMILES string of the molecule is Cc1ccc(Cl)cc1C(N)c1ccn(C)n1. The van der Waals surface area contributed by atoms with Crippen molar-refractivity contribution in [2.24, 2.45) is 12.8 Å². The van der Waals surface area contributed by atoms with Gasteiger partial charge in [-0.3, -0.25) is 4.68 Å². The van der Waals surface area contributed by atoms with E-state index < -0.39 is 0 Å². The molecule has 2 aromatic rings. The largest absolute Gasteiger partial charge is 0.319 e. The molecule has 0 spiro atoms. The molecule has 0 aliphatic carbocycles. The van der Waals surface area contributed by atoms with E-state index in [-0.39, 0.29) is 6.04 Å². The molecule has 84 valence electrons. The quantitative estimate of drug-likeness (QED) is 0.869. The van der Waals surface area contributed by atoms with Gasteiger partial charge in [-0.1, -0.05) is 17.7 Å². The van der Waals surface area contributed by atoms with Crippen molar-refractivity contribution in [2.45, 2.75) is 13.0 Å². The summed E-state index contributed by atoms with van der Waals surface area (Å²) in [6.07, 6.45) is 1.88. The molecule has 0 saturated carbocycles. The molecule has 0 aliphatic heterocycles. The van der Waals surface area contributed by atoms with Gasteiger partial charge in [-0.25, -0.2) is 0 Å². The fourth-order valence-corrected chi connectivity index (χ4v) is 1.89. The lowest BCUT2D eigenvalue weighted by Crippen LogP contribution is -2.14. The van der Waals surface area contributed by atoms with Crippen molar-refractivity contribution in [3.63, 3.8) is 0 Å². The van der Waals surface area contributed by atoms with Gasteiger partial charge in [-0.15, -0.1) is 0 Å². The van der Waals surface area contributed by atoms with E-state index >= 15 is 0 Å². The zero-order valence-electron chi connectivity index (χ0n) is 9.31. The minimum absolute atomic E-state index is 0.222. The van der Waals surface area contributed by atoms with E-state index in [4.69, 9.17) is 17.3 Å². The average Bonchev–Trinajstić information content (AvgIpc) is 2.67. The third-order valence-corrected chi connectivity index (χ3v) is 2.86. The number of hydrogen-bond acceptors (Lipinski definition) is 2. The maximum Gasteiger partial charge on any atom is 0.0837 e. The lowest BCUT2D eigenvalue weighted by atomic mass is 10.00. The van der Waals surface area contributed by atoms with Crippen molar-refractivity contribution >= 4 is 11.6 Å².